The van der Waals surface area contributed by atoms with Crippen LogP contribution in [0.4, 0.5) is 5.69 Å². The molecule has 0 bridgehead atoms. The summed E-state index contributed by atoms with van der Waals surface area (Å²) in [5.74, 6) is -0.805. The first kappa shape index (κ1) is 34.1. The molecule has 0 spiro atoms. The first-order chi connectivity index (χ1) is 21.7. The molecule has 4 unspecified atom stereocenters. The van der Waals surface area contributed by atoms with Gasteiger partial charge in [0.2, 0.25) is 5.91 Å². The Bertz CT molecular complexity index is 1380. The lowest BCUT2D eigenvalue weighted by atomic mass is 9.99. The maximum Gasteiger partial charge on any atom is 0.303 e. The molecule has 3 aromatic carbocycles. The van der Waals surface area contributed by atoms with Gasteiger partial charge in [0.1, 0.15) is 5.75 Å². The molecule has 3 aromatic rings. The lowest BCUT2D eigenvalue weighted by Crippen LogP contribution is -2.39. The number of nitrogens with one attached hydrogen (secondary N) is 1. The number of amides is 1. The third-order valence-electron chi connectivity index (χ3n) is 7.86. The number of aliphatic hydroxyl groups is 2. The van der Waals surface area contributed by atoms with Crippen molar-refractivity contribution in [3.05, 3.63) is 95.1 Å². The Kier molecular flexibility index (Phi) is 12.9. The number of phenols is 1. The van der Waals surface area contributed by atoms with Gasteiger partial charge in [-0.05, 0) is 60.8 Å². The number of benzene rings is 3. The van der Waals surface area contributed by atoms with Gasteiger partial charge in [-0.25, -0.2) is 0 Å². The van der Waals surface area contributed by atoms with E-state index in [1.807, 2.05) is 60.5 Å². The monoisotopic (exact) mass is 620 g/mol. The van der Waals surface area contributed by atoms with Crippen molar-refractivity contribution in [2.75, 3.05) is 25.5 Å². The lowest BCUT2D eigenvalue weighted by molar-refractivity contribution is -0.252. The number of ether oxygens (including phenoxy) is 2. The quantitative estimate of drug-likeness (QED) is 0.132. The van der Waals surface area contributed by atoms with E-state index >= 15 is 0 Å². The van der Waals surface area contributed by atoms with Crippen molar-refractivity contribution in [3.8, 4) is 5.75 Å². The zero-order valence-corrected chi connectivity index (χ0v) is 25.7. The van der Waals surface area contributed by atoms with Crippen LogP contribution in [-0.2, 0) is 25.7 Å². The van der Waals surface area contributed by atoms with Crippen molar-refractivity contribution in [2.45, 2.75) is 76.2 Å². The Morgan fingerprint density at radius 2 is 1.67 bits per heavy atom. The largest absolute Gasteiger partial charge is 0.508 e. The number of carbonyl (C=O) groups is 2. The maximum atomic E-state index is 12.6. The van der Waals surface area contributed by atoms with Crippen LogP contribution in [0.25, 0.3) is 0 Å². The number of likely N-dealkylation sites (N-methyl/N-ethyl adjacent to an activating group) is 1. The molecule has 10 heteroatoms. The lowest BCUT2D eigenvalue weighted by Gasteiger charge is -2.38. The van der Waals surface area contributed by atoms with Gasteiger partial charge in [0, 0.05) is 43.6 Å². The third-order valence-corrected chi connectivity index (χ3v) is 7.86. The van der Waals surface area contributed by atoms with Crippen LogP contribution in [0.5, 0.6) is 5.75 Å². The van der Waals surface area contributed by atoms with E-state index in [9.17, 15) is 24.9 Å². The zero-order valence-electron chi connectivity index (χ0n) is 25.7. The molecule has 1 fully saturated rings. The predicted octanol–water partition coefficient (Wildman–Crippen LogP) is 5.46. The number of nitrogens with zero attached hydrogens (tertiary/aromatic N) is 1. The van der Waals surface area contributed by atoms with Crippen LogP contribution in [0, 0.1) is 0 Å². The average Bonchev–Trinajstić information content (AvgIpc) is 3.02. The van der Waals surface area contributed by atoms with E-state index in [2.05, 4.69) is 5.32 Å². The smallest absolute Gasteiger partial charge is 0.303 e. The fourth-order valence-corrected chi connectivity index (χ4v) is 5.49. The van der Waals surface area contributed by atoms with Gasteiger partial charge in [-0.15, -0.1) is 0 Å². The van der Waals surface area contributed by atoms with Crippen molar-refractivity contribution in [1.29, 1.82) is 0 Å². The number of anilines is 1. The summed E-state index contributed by atoms with van der Waals surface area (Å²) in [6.07, 6.45) is 1.92. The number of hydrogen-bond donors (Lipinski definition) is 5. The predicted molar refractivity (Wildman–Crippen MR) is 169 cm³/mol. The second kappa shape index (κ2) is 17.0. The summed E-state index contributed by atoms with van der Waals surface area (Å²) >= 11 is 0. The number of aliphatic hydroxyl groups excluding tert-OH is 2. The average molecular weight is 621 g/mol. The molecule has 0 radical (unpaired) electrons. The highest BCUT2D eigenvalue weighted by atomic mass is 16.7. The van der Waals surface area contributed by atoms with Crippen molar-refractivity contribution in [2.24, 2.45) is 0 Å². The first-order valence-electron chi connectivity index (χ1n) is 15.5. The molecule has 242 valence electrons. The molecule has 4 rings (SSSR count). The van der Waals surface area contributed by atoms with Gasteiger partial charge < -0.3 is 40.1 Å². The third kappa shape index (κ3) is 10.9. The molecule has 45 heavy (non-hydrogen) atoms. The van der Waals surface area contributed by atoms with Crippen molar-refractivity contribution >= 4 is 17.6 Å². The van der Waals surface area contributed by atoms with E-state index in [0.29, 0.717) is 50.0 Å². The number of carbonyl (C=O) groups excluding carboxylic acids is 1. The van der Waals surface area contributed by atoms with Crippen molar-refractivity contribution in [3.63, 3.8) is 0 Å². The number of hydrogen-bond acceptors (Lipinski definition) is 8. The molecular formula is C35H44N2O8. The molecule has 5 N–H and O–H groups in total. The van der Waals surface area contributed by atoms with E-state index in [4.69, 9.17) is 14.6 Å². The van der Waals surface area contributed by atoms with E-state index in [1.165, 1.54) is 0 Å². The number of aromatic hydroxyl groups is 1. The normalized spacial score (nSPS) is 18.9. The summed E-state index contributed by atoms with van der Waals surface area (Å²) in [4.78, 5) is 25.2. The summed E-state index contributed by atoms with van der Waals surface area (Å²) < 4.78 is 12.9. The Hall–Kier alpha value is -3.80. The van der Waals surface area contributed by atoms with Crippen molar-refractivity contribution in [1.82, 2.24) is 4.90 Å². The van der Waals surface area contributed by atoms with Gasteiger partial charge in [-0.1, -0.05) is 61.4 Å². The molecule has 1 aliphatic rings. The summed E-state index contributed by atoms with van der Waals surface area (Å²) in [5, 5.41) is 41.8. The minimum atomic E-state index is -0.799. The number of phenolic OH excluding ortho intramolecular Hbond substituents is 1. The molecule has 0 saturated carbocycles. The molecule has 4 atom stereocenters. The number of rotatable bonds is 16. The Morgan fingerprint density at radius 1 is 0.933 bits per heavy atom. The van der Waals surface area contributed by atoms with E-state index in [0.717, 1.165) is 29.5 Å². The van der Waals surface area contributed by atoms with Crippen LogP contribution in [0.15, 0.2) is 72.8 Å². The van der Waals surface area contributed by atoms with Gasteiger partial charge in [0.15, 0.2) is 6.29 Å². The number of unbranched alkanes of at least 4 members (excludes halogenated alkanes) is 3. The Balaban J connectivity index is 1.41. The van der Waals surface area contributed by atoms with E-state index in [1.54, 1.807) is 24.3 Å². The summed E-state index contributed by atoms with van der Waals surface area (Å²) in [6.45, 7) is 0.811. The molecule has 0 aromatic heterocycles. The topological polar surface area (TPSA) is 149 Å². The highest BCUT2D eigenvalue weighted by Crippen LogP contribution is 2.38. The van der Waals surface area contributed by atoms with Gasteiger partial charge >= 0.3 is 5.97 Å². The second-order valence-corrected chi connectivity index (χ2v) is 11.7. The van der Waals surface area contributed by atoms with Crippen LogP contribution in [-0.4, -0.2) is 63.4 Å². The Labute approximate surface area is 264 Å². The van der Waals surface area contributed by atoms with Crippen LogP contribution < -0.4 is 5.32 Å². The zero-order chi connectivity index (χ0) is 32.2. The van der Waals surface area contributed by atoms with Gasteiger partial charge in [0.25, 0.3) is 0 Å². The van der Waals surface area contributed by atoms with Crippen LogP contribution in [0.1, 0.15) is 85.7 Å². The number of aliphatic carboxylic acids is 1. The molecule has 1 saturated heterocycles. The van der Waals surface area contributed by atoms with Crippen LogP contribution in [0.2, 0.25) is 0 Å². The summed E-state index contributed by atoms with van der Waals surface area (Å²) in [6, 6.07) is 21.6. The number of carboxylic acids is 1. The van der Waals surface area contributed by atoms with Gasteiger partial charge in [0.05, 0.1) is 24.9 Å². The first-order valence-corrected chi connectivity index (χ1v) is 15.5. The van der Waals surface area contributed by atoms with Gasteiger partial charge in [-0.3, -0.25) is 9.59 Å². The molecule has 1 aliphatic heterocycles. The van der Waals surface area contributed by atoms with Crippen molar-refractivity contribution < 1.29 is 39.5 Å². The summed E-state index contributed by atoms with van der Waals surface area (Å²) in [5.41, 5.74) is 3.79. The van der Waals surface area contributed by atoms with E-state index in [-0.39, 0.29) is 36.9 Å². The number of carboxylic acid groups (broad SMARTS) is 1. The fourth-order valence-electron chi connectivity index (χ4n) is 5.49. The van der Waals surface area contributed by atoms with Gasteiger partial charge in [-0.2, -0.15) is 0 Å². The minimum Gasteiger partial charge on any atom is -0.508 e. The highest BCUT2D eigenvalue weighted by molar-refractivity contribution is 5.90. The van der Waals surface area contributed by atoms with Crippen LogP contribution in [0.3, 0.4) is 0 Å². The second-order valence-electron chi connectivity index (χ2n) is 11.7. The molecule has 1 amide bonds. The highest BCUT2D eigenvalue weighted by Gasteiger charge is 2.33. The minimum absolute atomic E-state index is 0.0459. The molecule has 10 nitrogen and oxygen atoms in total. The molecule has 1 heterocycles. The molecular weight excluding hydrogens is 576 g/mol. The van der Waals surface area contributed by atoms with Crippen LogP contribution >= 0.6 is 0 Å². The van der Waals surface area contributed by atoms with E-state index < -0.39 is 18.4 Å². The molecule has 0 aliphatic carbocycles. The Morgan fingerprint density at radius 3 is 2.38 bits per heavy atom. The SMILES string of the molecule is CN(CC1CC(c2ccc(CO)cc2)OC(c2cccc(NC(=O)CCCCCCC(=O)O)c2)O1)CC(O)c1cccc(O)c1. The standard InChI is InChI=1S/C35H44N2O8/c1-37(22-31(40)26-8-7-11-29(39)19-26)21-30-20-32(25-16-14-24(23-38)15-17-25)45-35(44-30)27-9-6-10-28(18-27)36-33(41)12-4-2-3-5-13-34(42)43/h6-11,14-19,30-32,35,38-40H,2-5,12-13,20-23H2,1H3,(H,36,41)(H,42,43). The maximum absolute atomic E-state index is 12.6. The fraction of sp³-hybridized carbons (Fsp3) is 0.429. The summed E-state index contributed by atoms with van der Waals surface area (Å²) in [7, 11) is 1.91.